The first-order chi connectivity index (χ1) is 8.05. The number of esters is 1. The summed E-state index contributed by atoms with van der Waals surface area (Å²) in [4.78, 5) is 21.7. The summed E-state index contributed by atoms with van der Waals surface area (Å²) in [7, 11) is 0. The third-order valence-corrected chi connectivity index (χ3v) is 2.15. The Morgan fingerprint density at radius 1 is 1.24 bits per heavy atom. The summed E-state index contributed by atoms with van der Waals surface area (Å²) in [6.45, 7) is 4.53. The molecule has 0 amide bonds. The Bertz CT molecular complexity index is 370. The molecule has 0 aromatic heterocycles. The third-order valence-electron chi connectivity index (χ3n) is 2.15. The van der Waals surface area contributed by atoms with Gasteiger partial charge in [-0.1, -0.05) is 32.0 Å². The second kappa shape index (κ2) is 6.03. The second-order valence-corrected chi connectivity index (χ2v) is 4.51. The summed E-state index contributed by atoms with van der Waals surface area (Å²) >= 11 is 0. The van der Waals surface area contributed by atoms with E-state index in [-0.39, 0.29) is 24.6 Å². The fraction of sp³-hybridized carbons (Fsp3) is 0.385. The number of hydrogen-bond donors (Lipinski definition) is 0. The molecule has 1 aromatic rings. The van der Waals surface area contributed by atoms with Gasteiger partial charge in [-0.05, 0) is 12.1 Å². The molecule has 4 heteroatoms. The van der Waals surface area contributed by atoms with E-state index in [0.29, 0.717) is 12.0 Å². The zero-order valence-corrected chi connectivity index (χ0v) is 10.0. The standard InChI is InChI=1S/C13H16O4/c1-13(2,8-16-10-14)9-17-12(15)11-6-4-3-5-7-11/h3-7,10H,8-9H2,1-2H3. The number of carbonyl (C=O) groups excluding carboxylic acids is 2. The molecular weight excluding hydrogens is 220 g/mol. The Labute approximate surface area is 101 Å². The average Bonchev–Trinajstić information content (AvgIpc) is 2.35. The predicted octanol–water partition coefficient (Wildman–Crippen LogP) is 2.04. The topological polar surface area (TPSA) is 52.6 Å². The number of ether oxygens (including phenoxy) is 2. The highest BCUT2D eigenvalue weighted by Gasteiger charge is 2.21. The third kappa shape index (κ3) is 4.68. The van der Waals surface area contributed by atoms with E-state index in [4.69, 9.17) is 4.74 Å². The van der Waals surface area contributed by atoms with E-state index in [1.165, 1.54) is 0 Å². The van der Waals surface area contributed by atoms with E-state index in [9.17, 15) is 9.59 Å². The van der Waals surface area contributed by atoms with Crippen LogP contribution in [-0.2, 0) is 14.3 Å². The van der Waals surface area contributed by atoms with Crippen LogP contribution in [0.25, 0.3) is 0 Å². The summed E-state index contributed by atoms with van der Waals surface area (Å²) in [5.74, 6) is -0.371. The first-order valence-electron chi connectivity index (χ1n) is 5.32. The number of rotatable bonds is 6. The minimum Gasteiger partial charge on any atom is -0.467 e. The van der Waals surface area contributed by atoms with Crippen molar-refractivity contribution in [3.8, 4) is 0 Å². The number of benzene rings is 1. The number of hydrogen-bond acceptors (Lipinski definition) is 4. The molecule has 0 saturated heterocycles. The molecule has 0 bridgehead atoms. The first-order valence-corrected chi connectivity index (χ1v) is 5.32. The summed E-state index contributed by atoms with van der Waals surface area (Å²) in [6.07, 6.45) is 0. The minimum atomic E-state index is -0.384. The van der Waals surface area contributed by atoms with Gasteiger partial charge in [0.15, 0.2) is 0 Å². The highest BCUT2D eigenvalue weighted by atomic mass is 16.5. The van der Waals surface area contributed by atoms with Gasteiger partial charge in [-0.3, -0.25) is 4.79 Å². The molecule has 0 unspecified atom stereocenters. The van der Waals surface area contributed by atoms with Crippen LogP contribution in [0.1, 0.15) is 24.2 Å². The van der Waals surface area contributed by atoms with Crippen LogP contribution in [0.2, 0.25) is 0 Å². The molecule has 1 rings (SSSR count). The molecule has 0 radical (unpaired) electrons. The molecule has 0 spiro atoms. The summed E-state index contributed by atoms with van der Waals surface area (Å²) in [6, 6.07) is 8.77. The Morgan fingerprint density at radius 2 is 1.88 bits per heavy atom. The Morgan fingerprint density at radius 3 is 2.47 bits per heavy atom. The fourth-order valence-corrected chi connectivity index (χ4v) is 1.22. The van der Waals surface area contributed by atoms with Gasteiger partial charge < -0.3 is 9.47 Å². The molecule has 0 aliphatic heterocycles. The molecule has 4 nitrogen and oxygen atoms in total. The van der Waals surface area contributed by atoms with Crippen molar-refractivity contribution >= 4 is 12.4 Å². The lowest BCUT2D eigenvalue weighted by atomic mass is 9.96. The minimum absolute atomic E-state index is 0.203. The zero-order chi connectivity index (χ0) is 12.7. The summed E-state index contributed by atoms with van der Waals surface area (Å²) in [5, 5.41) is 0. The SMILES string of the molecule is CC(C)(COC=O)COC(=O)c1ccccc1. The maximum Gasteiger partial charge on any atom is 0.338 e. The molecule has 0 atom stereocenters. The molecule has 0 fully saturated rings. The van der Waals surface area contributed by atoms with Crippen LogP contribution in [0.15, 0.2) is 30.3 Å². The zero-order valence-electron chi connectivity index (χ0n) is 10.0. The van der Waals surface area contributed by atoms with Crippen molar-refractivity contribution in [2.75, 3.05) is 13.2 Å². The molecule has 0 saturated carbocycles. The highest BCUT2D eigenvalue weighted by molar-refractivity contribution is 5.89. The maximum atomic E-state index is 11.6. The van der Waals surface area contributed by atoms with Crippen LogP contribution in [-0.4, -0.2) is 25.7 Å². The highest BCUT2D eigenvalue weighted by Crippen LogP contribution is 2.16. The molecule has 92 valence electrons. The summed E-state index contributed by atoms with van der Waals surface area (Å²) in [5.41, 5.74) is 0.130. The van der Waals surface area contributed by atoms with Gasteiger partial charge in [-0.15, -0.1) is 0 Å². The maximum absolute atomic E-state index is 11.6. The van der Waals surface area contributed by atoms with E-state index in [0.717, 1.165) is 0 Å². The van der Waals surface area contributed by atoms with Crippen molar-refractivity contribution < 1.29 is 19.1 Å². The van der Waals surface area contributed by atoms with Crippen LogP contribution in [0.5, 0.6) is 0 Å². The largest absolute Gasteiger partial charge is 0.467 e. The van der Waals surface area contributed by atoms with Crippen molar-refractivity contribution in [3.05, 3.63) is 35.9 Å². The van der Waals surface area contributed by atoms with Crippen molar-refractivity contribution in [1.29, 1.82) is 0 Å². The van der Waals surface area contributed by atoms with E-state index >= 15 is 0 Å². The average molecular weight is 236 g/mol. The molecule has 0 aliphatic carbocycles. The monoisotopic (exact) mass is 236 g/mol. The first kappa shape index (κ1) is 13.2. The molecule has 0 heterocycles. The van der Waals surface area contributed by atoms with Crippen molar-refractivity contribution in [2.24, 2.45) is 5.41 Å². The molecule has 1 aromatic carbocycles. The van der Waals surface area contributed by atoms with Crippen molar-refractivity contribution in [1.82, 2.24) is 0 Å². The van der Waals surface area contributed by atoms with Crippen molar-refractivity contribution in [3.63, 3.8) is 0 Å². The van der Waals surface area contributed by atoms with Gasteiger partial charge in [-0.25, -0.2) is 4.79 Å². The van der Waals surface area contributed by atoms with E-state index in [1.54, 1.807) is 24.3 Å². The fourth-order valence-electron chi connectivity index (χ4n) is 1.22. The quantitative estimate of drug-likeness (QED) is 0.560. The van der Waals surface area contributed by atoms with Gasteiger partial charge in [0, 0.05) is 5.41 Å². The smallest absolute Gasteiger partial charge is 0.338 e. The lowest BCUT2D eigenvalue weighted by Gasteiger charge is -2.22. The second-order valence-electron chi connectivity index (χ2n) is 4.51. The predicted molar refractivity (Wildman–Crippen MR) is 62.5 cm³/mol. The lowest BCUT2D eigenvalue weighted by molar-refractivity contribution is -0.132. The van der Waals surface area contributed by atoms with Crippen molar-refractivity contribution in [2.45, 2.75) is 13.8 Å². The van der Waals surface area contributed by atoms with Gasteiger partial charge in [-0.2, -0.15) is 0 Å². The van der Waals surface area contributed by atoms with Gasteiger partial charge in [0.1, 0.15) is 0 Å². The van der Waals surface area contributed by atoms with Gasteiger partial charge in [0.2, 0.25) is 0 Å². The normalized spacial score (nSPS) is 10.7. The molecule has 17 heavy (non-hydrogen) atoms. The summed E-state index contributed by atoms with van der Waals surface area (Å²) < 4.78 is 9.82. The Balaban J connectivity index is 2.45. The molecule has 0 aliphatic rings. The van der Waals surface area contributed by atoms with E-state index < -0.39 is 0 Å². The van der Waals surface area contributed by atoms with E-state index in [1.807, 2.05) is 19.9 Å². The van der Waals surface area contributed by atoms with Crippen LogP contribution < -0.4 is 0 Å². The van der Waals surface area contributed by atoms with Crippen LogP contribution in [0.3, 0.4) is 0 Å². The van der Waals surface area contributed by atoms with Crippen LogP contribution in [0.4, 0.5) is 0 Å². The van der Waals surface area contributed by atoms with Gasteiger partial charge in [0.25, 0.3) is 6.47 Å². The lowest BCUT2D eigenvalue weighted by Crippen LogP contribution is -2.27. The molecular formula is C13H16O4. The Kier molecular flexibility index (Phi) is 4.69. The van der Waals surface area contributed by atoms with Gasteiger partial charge >= 0.3 is 5.97 Å². The van der Waals surface area contributed by atoms with Crippen LogP contribution in [0, 0.1) is 5.41 Å². The van der Waals surface area contributed by atoms with E-state index in [2.05, 4.69) is 4.74 Å². The van der Waals surface area contributed by atoms with Crippen LogP contribution >= 0.6 is 0 Å². The number of carbonyl (C=O) groups is 2. The Hall–Kier alpha value is -1.84. The molecule has 0 N–H and O–H groups in total. The van der Waals surface area contributed by atoms with Gasteiger partial charge in [0.05, 0.1) is 18.8 Å².